The van der Waals surface area contributed by atoms with Gasteiger partial charge in [-0.3, -0.25) is 20.4 Å². The molecule has 0 saturated heterocycles. The number of carbonyl (C=O) groups is 2. The highest BCUT2D eigenvalue weighted by Crippen LogP contribution is 2.40. The third kappa shape index (κ3) is 4.91. The van der Waals surface area contributed by atoms with Crippen LogP contribution in [0.5, 0.6) is 0 Å². The number of nitrogens with one attached hydrogen (secondary N) is 3. The number of hydrogen-bond acceptors (Lipinski definition) is 5. The number of sulfonamides is 1. The number of fused-ring (bicyclic) bond motifs is 1. The number of hydrazine groups is 1. The van der Waals surface area contributed by atoms with Gasteiger partial charge in [-0.05, 0) is 73.5 Å². The summed E-state index contributed by atoms with van der Waals surface area (Å²) in [6.07, 6.45) is 3.06. The second-order valence-electron chi connectivity index (χ2n) is 8.50. The molecule has 2 aromatic rings. The molecule has 0 saturated carbocycles. The van der Waals surface area contributed by atoms with Crippen molar-refractivity contribution in [2.45, 2.75) is 44.9 Å². The lowest BCUT2D eigenvalue weighted by molar-refractivity contribution is 0.0849. The maximum atomic E-state index is 12.5. The summed E-state index contributed by atoms with van der Waals surface area (Å²) >= 11 is 1.47. The Bertz CT molecular complexity index is 1050. The maximum Gasteiger partial charge on any atom is 0.279 e. The molecule has 162 valence electrons. The second-order valence-corrected chi connectivity index (χ2v) is 11.5. The summed E-state index contributed by atoms with van der Waals surface area (Å²) in [4.78, 5) is 26.6. The Hall–Kier alpha value is -2.23. The fourth-order valence-electron chi connectivity index (χ4n) is 3.53. The summed E-state index contributed by atoms with van der Waals surface area (Å²) in [5.41, 5.74) is 6.53. The summed E-state index contributed by atoms with van der Waals surface area (Å²) < 4.78 is 25.7. The van der Waals surface area contributed by atoms with Crippen molar-refractivity contribution in [3.05, 3.63) is 51.2 Å². The molecule has 3 N–H and O–H groups in total. The van der Waals surface area contributed by atoms with E-state index in [1.54, 1.807) is 0 Å². The summed E-state index contributed by atoms with van der Waals surface area (Å²) in [5.74, 6) is -0.291. The Morgan fingerprint density at radius 3 is 2.30 bits per heavy atom. The first-order valence-corrected chi connectivity index (χ1v) is 12.1. The standard InChI is InChI=1S/C21H27N3O4S2/c1-21(2,3)15-7-10-17-14(11-15)12-18(29-17)20(26)24-23-19(25)13-5-8-16(9-6-13)30(27,28)22-4/h5-6,8-9,12,15,22H,7,10-11H2,1-4H3,(H,23,25)(H,24,26). The molecule has 1 aromatic heterocycles. The molecule has 30 heavy (non-hydrogen) atoms. The van der Waals surface area contributed by atoms with Gasteiger partial charge >= 0.3 is 0 Å². The van der Waals surface area contributed by atoms with E-state index in [1.807, 2.05) is 6.07 Å². The lowest BCUT2D eigenvalue weighted by atomic mass is 9.72. The van der Waals surface area contributed by atoms with Crippen LogP contribution in [0.4, 0.5) is 0 Å². The van der Waals surface area contributed by atoms with Crippen LogP contribution in [0.15, 0.2) is 35.2 Å². The van der Waals surface area contributed by atoms with E-state index in [4.69, 9.17) is 0 Å². The Morgan fingerprint density at radius 2 is 1.70 bits per heavy atom. The third-order valence-electron chi connectivity index (χ3n) is 5.52. The molecule has 0 bridgehead atoms. The molecule has 7 nitrogen and oxygen atoms in total. The normalized spacial score (nSPS) is 16.6. The number of carbonyl (C=O) groups excluding carboxylic acids is 2. The topological polar surface area (TPSA) is 104 Å². The number of thiophene rings is 1. The highest BCUT2D eigenvalue weighted by molar-refractivity contribution is 7.89. The van der Waals surface area contributed by atoms with Gasteiger partial charge in [-0.1, -0.05) is 20.8 Å². The molecule has 0 radical (unpaired) electrons. The summed E-state index contributed by atoms with van der Waals surface area (Å²) in [6.45, 7) is 6.75. The van der Waals surface area contributed by atoms with Crippen molar-refractivity contribution < 1.29 is 18.0 Å². The van der Waals surface area contributed by atoms with Crippen molar-refractivity contribution in [1.29, 1.82) is 0 Å². The lowest BCUT2D eigenvalue weighted by Gasteiger charge is -2.33. The van der Waals surface area contributed by atoms with Crippen LogP contribution in [0.3, 0.4) is 0 Å². The van der Waals surface area contributed by atoms with Crippen LogP contribution in [0.2, 0.25) is 0 Å². The predicted octanol–water partition coefficient (Wildman–Crippen LogP) is 2.88. The van der Waals surface area contributed by atoms with Gasteiger partial charge in [0.1, 0.15) is 0 Å². The van der Waals surface area contributed by atoms with Crippen LogP contribution < -0.4 is 15.6 Å². The maximum absolute atomic E-state index is 12.5. The molecule has 2 amide bonds. The highest BCUT2D eigenvalue weighted by atomic mass is 32.2. The molecule has 1 aromatic carbocycles. The number of aryl methyl sites for hydroxylation is 1. The van der Waals surface area contributed by atoms with Gasteiger partial charge in [0.2, 0.25) is 10.0 Å². The van der Waals surface area contributed by atoms with Gasteiger partial charge in [-0.15, -0.1) is 11.3 Å². The second kappa shape index (κ2) is 8.49. The Labute approximate surface area is 181 Å². The van der Waals surface area contributed by atoms with Gasteiger partial charge in [-0.25, -0.2) is 13.1 Å². The molecular formula is C21H27N3O4S2. The van der Waals surface area contributed by atoms with Crippen molar-refractivity contribution in [2.75, 3.05) is 7.05 Å². The average Bonchev–Trinajstić information content (AvgIpc) is 3.14. The van der Waals surface area contributed by atoms with Crippen molar-refractivity contribution in [2.24, 2.45) is 11.3 Å². The molecule has 1 aliphatic carbocycles. The Morgan fingerprint density at radius 1 is 1.07 bits per heavy atom. The monoisotopic (exact) mass is 449 g/mol. The van der Waals surface area contributed by atoms with Gasteiger partial charge in [0, 0.05) is 10.4 Å². The van der Waals surface area contributed by atoms with Crippen LogP contribution in [-0.2, 0) is 22.9 Å². The van der Waals surface area contributed by atoms with Gasteiger partial charge in [0.25, 0.3) is 11.8 Å². The van der Waals surface area contributed by atoms with Crippen LogP contribution >= 0.6 is 11.3 Å². The van der Waals surface area contributed by atoms with E-state index < -0.39 is 15.9 Å². The van der Waals surface area contributed by atoms with Gasteiger partial charge < -0.3 is 0 Å². The van der Waals surface area contributed by atoms with Crippen LogP contribution in [0.25, 0.3) is 0 Å². The first-order chi connectivity index (χ1) is 14.0. The predicted molar refractivity (Wildman–Crippen MR) is 117 cm³/mol. The fraction of sp³-hybridized carbons (Fsp3) is 0.429. The van der Waals surface area contributed by atoms with E-state index in [2.05, 4.69) is 36.3 Å². The van der Waals surface area contributed by atoms with Gasteiger partial charge in [-0.2, -0.15) is 0 Å². The van der Waals surface area contributed by atoms with Crippen LogP contribution in [0.1, 0.15) is 57.7 Å². The van der Waals surface area contributed by atoms with Crippen LogP contribution in [0, 0.1) is 11.3 Å². The van der Waals surface area contributed by atoms with E-state index in [1.165, 1.54) is 53.1 Å². The molecule has 1 heterocycles. The molecule has 1 unspecified atom stereocenters. The number of amides is 2. The third-order valence-corrected chi connectivity index (χ3v) is 8.18. The molecule has 1 atom stereocenters. The average molecular weight is 450 g/mol. The quantitative estimate of drug-likeness (QED) is 0.624. The summed E-state index contributed by atoms with van der Waals surface area (Å²) in [6, 6.07) is 7.38. The van der Waals surface area contributed by atoms with E-state index >= 15 is 0 Å². The number of benzene rings is 1. The molecular weight excluding hydrogens is 422 g/mol. The Balaban J connectivity index is 1.61. The van der Waals surface area contributed by atoms with E-state index in [9.17, 15) is 18.0 Å². The van der Waals surface area contributed by atoms with Crippen molar-refractivity contribution in [3.63, 3.8) is 0 Å². The number of rotatable bonds is 4. The molecule has 9 heteroatoms. The zero-order chi connectivity index (χ0) is 22.1. The SMILES string of the molecule is CNS(=O)(=O)c1ccc(C(=O)NNC(=O)c2cc3c(s2)CCC(C(C)(C)C)C3)cc1. The van der Waals surface area contributed by atoms with Crippen LogP contribution in [-0.4, -0.2) is 27.3 Å². The fourth-order valence-corrected chi connectivity index (χ4v) is 5.36. The highest BCUT2D eigenvalue weighted by Gasteiger charge is 2.30. The first-order valence-electron chi connectivity index (χ1n) is 9.77. The molecule has 3 rings (SSSR count). The first kappa shape index (κ1) is 22.5. The Kier molecular flexibility index (Phi) is 6.35. The van der Waals surface area contributed by atoms with E-state index in [0.29, 0.717) is 10.8 Å². The van der Waals surface area contributed by atoms with Gasteiger partial charge in [0.15, 0.2) is 0 Å². The smallest absolute Gasteiger partial charge is 0.267 e. The minimum absolute atomic E-state index is 0.0586. The largest absolute Gasteiger partial charge is 0.279 e. The summed E-state index contributed by atoms with van der Waals surface area (Å²) in [7, 11) is -2.25. The minimum Gasteiger partial charge on any atom is -0.267 e. The zero-order valence-electron chi connectivity index (χ0n) is 17.5. The van der Waals surface area contributed by atoms with E-state index in [-0.39, 0.29) is 21.8 Å². The minimum atomic E-state index is -3.57. The molecule has 0 spiro atoms. The van der Waals surface area contributed by atoms with Crippen molar-refractivity contribution >= 4 is 33.2 Å². The molecule has 1 aliphatic rings. The molecule has 0 fully saturated rings. The molecule has 0 aliphatic heterocycles. The van der Waals surface area contributed by atoms with Crippen molar-refractivity contribution in [3.8, 4) is 0 Å². The number of hydrogen-bond donors (Lipinski definition) is 3. The van der Waals surface area contributed by atoms with E-state index in [0.717, 1.165) is 19.3 Å². The zero-order valence-corrected chi connectivity index (χ0v) is 19.2. The van der Waals surface area contributed by atoms with Crippen molar-refractivity contribution in [1.82, 2.24) is 15.6 Å². The lowest BCUT2D eigenvalue weighted by Crippen LogP contribution is -2.41. The summed E-state index contributed by atoms with van der Waals surface area (Å²) in [5, 5.41) is 0. The van der Waals surface area contributed by atoms with Gasteiger partial charge in [0.05, 0.1) is 9.77 Å².